The number of halogens is 3. The average Bonchev–Trinajstić information content (AvgIpc) is 2.09. The highest BCUT2D eigenvalue weighted by Gasteiger charge is 1.91. The molecule has 0 nitrogen and oxygen atoms in total. The molecule has 1 aromatic carbocycles. The normalized spacial score (nSPS) is 11.8. The van der Waals surface area contributed by atoms with E-state index < -0.39 is 0 Å². The maximum atomic E-state index is 12.5. The molecule has 12 heavy (non-hydrogen) atoms. The first-order valence-electron chi connectivity index (χ1n) is 3.40. The summed E-state index contributed by atoms with van der Waals surface area (Å²) in [6, 6.07) is 6.51. The lowest BCUT2D eigenvalue weighted by Crippen LogP contribution is -1.76. The Balaban J connectivity index is 2.84. The van der Waals surface area contributed by atoms with Gasteiger partial charge in [-0.05, 0) is 46.4 Å². The molecule has 0 N–H and O–H groups in total. The summed E-state index contributed by atoms with van der Waals surface area (Å²) < 4.78 is 14.7. The van der Waals surface area contributed by atoms with Crippen LogP contribution in [-0.2, 0) is 0 Å². The van der Waals surface area contributed by atoms with E-state index in [1.54, 1.807) is 12.1 Å². The molecule has 64 valence electrons. The van der Waals surface area contributed by atoms with Gasteiger partial charge in [-0.25, -0.2) is 4.39 Å². The van der Waals surface area contributed by atoms with E-state index in [2.05, 4.69) is 45.2 Å². The maximum absolute atomic E-state index is 12.5. The summed E-state index contributed by atoms with van der Waals surface area (Å²) in [5.74, 6) is -0.184. The van der Waals surface area contributed by atoms with E-state index in [4.69, 9.17) is 0 Å². The van der Waals surface area contributed by atoms with Gasteiger partial charge in [0.15, 0.2) is 0 Å². The number of rotatable bonds is 2. The molecule has 0 fully saturated rings. The maximum Gasteiger partial charge on any atom is 0.123 e. The highest BCUT2D eigenvalue weighted by molar-refractivity contribution is 14.1. The van der Waals surface area contributed by atoms with Crippen LogP contribution in [0.2, 0.25) is 0 Å². The quantitative estimate of drug-likeness (QED) is 0.530. The third-order valence-corrected chi connectivity index (χ3v) is 4.30. The fourth-order valence-electron chi connectivity index (χ4n) is 0.778. The van der Waals surface area contributed by atoms with Gasteiger partial charge in [-0.15, -0.1) is 0 Å². The molecular weight excluding hydrogens is 381 g/mol. The Hall–Kier alpha value is 0.350. The summed E-state index contributed by atoms with van der Waals surface area (Å²) >= 11 is 4.57. The highest BCUT2D eigenvalue weighted by Crippen LogP contribution is 2.15. The van der Waals surface area contributed by atoms with Crippen molar-refractivity contribution in [2.45, 2.75) is 0 Å². The van der Waals surface area contributed by atoms with Gasteiger partial charge < -0.3 is 0 Å². The van der Waals surface area contributed by atoms with Crippen molar-refractivity contribution in [3.63, 3.8) is 0 Å². The van der Waals surface area contributed by atoms with E-state index in [1.807, 2.05) is 6.08 Å². The first-order valence-corrected chi connectivity index (χ1v) is 6.00. The van der Waals surface area contributed by atoms with Crippen molar-refractivity contribution in [3.8, 4) is 0 Å². The van der Waals surface area contributed by atoms with Crippen molar-refractivity contribution in [2.24, 2.45) is 0 Å². The van der Waals surface area contributed by atoms with Crippen LogP contribution in [-0.4, -0.2) is 4.43 Å². The summed E-state index contributed by atoms with van der Waals surface area (Å²) in [7, 11) is 0. The molecular formula is C9H7FI2. The monoisotopic (exact) mass is 388 g/mol. The van der Waals surface area contributed by atoms with Crippen molar-refractivity contribution in [1.29, 1.82) is 0 Å². The molecule has 0 aliphatic rings. The van der Waals surface area contributed by atoms with Gasteiger partial charge in [0, 0.05) is 8.01 Å². The Labute approximate surface area is 98.5 Å². The molecule has 0 bridgehead atoms. The molecule has 0 aliphatic heterocycles. The van der Waals surface area contributed by atoms with Gasteiger partial charge in [0.1, 0.15) is 5.82 Å². The summed E-state index contributed by atoms with van der Waals surface area (Å²) in [5, 5.41) is 0. The molecule has 0 aliphatic carbocycles. The molecule has 0 saturated carbocycles. The fraction of sp³-hybridized carbons (Fsp3) is 0.111. The molecule has 0 spiro atoms. The van der Waals surface area contributed by atoms with Crippen LogP contribution < -0.4 is 0 Å². The molecule has 0 heterocycles. The average molecular weight is 388 g/mol. The molecule has 0 saturated heterocycles. The predicted molar refractivity (Wildman–Crippen MR) is 67.3 cm³/mol. The number of hydrogen-bond donors (Lipinski definition) is 0. The van der Waals surface area contributed by atoms with Crippen LogP contribution in [0.4, 0.5) is 4.39 Å². The van der Waals surface area contributed by atoms with Crippen molar-refractivity contribution < 1.29 is 4.39 Å². The fourth-order valence-corrected chi connectivity index (χ4v) is 1.36. The molecule has 1 rings (SSSR count). The van der Waals surface area contributed by atoms with Gasteiger partial charge in [0.25, 0.3) is 0 Å². The van der Waals surface area contributed by atoms with Crippen LogP contribution in [0.3, 0.4) is 0 Å². The Morgan fingerprint density at radius 3 is 2.42 bits per heavy atom. The second-order valence-corrected chi connectivity index (χ2v) is 4.42. The minimum absolute atomic E-state index is 0.184. The van der Waals surface area contributed by atoms with E-state index in [0.29, 0.717) is 0 Å². The molecule has 0 aromatic heterocycles. The predicted octanol–water partition coefficient (Wildman–Crippen LogP) is 4.04. The Morgan fingerprint density at radius 1 is 1.33 bits per heavy atom. The first kappa shape index (κ1) is 10.4. The Bertz CT molecular complexity index is 277. The zero-order valence-electron chi connectivity index (χ0n) is 6.23. The lowest BCUT2D eigenvalue weighted by atomic mass is 10.2. The summed E-state index contributed by atoms with van der Waals surface area (Å²) in [4.78, 5) is 0. The zero-order chi connectivity index (χ0) is 8.97. The van der Waals surface area contributed by atoms with E-state index in [1.165, 1.54) is 15.7 Å². The SMILES string of the molecule is Fc1ccc(/C=C(\I)CI)cc1. The molecule has 3 heteroatoms. The van der Waals surface area contributed by atoms with Gasteiger partial charge >= 0.3 is 0 Å². The lowest BCUT2D eigenvalue weighted by Gasteiger charge is -1.94. The first-order chi connectivity index (χ1) is 5.72. The largest absolute Gasteiger partial charge is 0.207 e. The number of benzene rings is 1. The van der Waals surface area contributed by atoms with Crippen molar-refractivity contribution in [3.05, 3.63) is 39.2 Å². The van der Waals surface area contributed by atoms with E-state index in [0.717, 1.165) is 9.99 Å². The molecule has 0 atom stereocenters. The second kappa shape index (κ2) is 5.16. The minimum Gasteiger partial charge on any atom is -0.207 e. The third kappa shape index (κ3) is 3.38. The standard InChI is InChI=1S/C9H7FI2/c10-8-3-1-7(2-4-8)5-9(12)6-11/h1-5H,6H2/b9-5-. The molecule has 0 unspecified atom stereocenters. The van der Waals surface area contributed by atoms with Crippen LogP contribution in [0.25, 0.3) is 6.08 Å². The molecule has 0 radical (unpaired) electrons. The molecule has 0 amide bonds. The zero-order valence-corrected chi connectivity index (χ0v) is 10.5. The minimum atomic E-state index is -0.184. The van der Waals surface area contributed by atoms with Crippen LogP contribution >= 0.6 is 45.2 Å². The Morgan fingerprint density at radius 2 is 1.92 bits per heavy atom. The number of allylic oxidation sites excluding steroid dienone is 1. The van der Waals surface area contributed by atoms with Gasteiger partial charge in [-0.3, -0.25) is 0 Å². The van der Waals surface area contributed by atoms with Crippen LogP contribution in [0, 0.1) is 5.82 Å². The van der Waals surface area contributed by atoms with E-state index in [9.17, 15) is 4.39 Å². The Kier molecular flexibility index (Phi) is 4.49. The third-order valence-electron chi connectivity index (χ3n) is 1.32. The molecule has 1 aromatic rings. The van der Waals surface area contributed by atoms with E-state index >= 15 is 0 Å². The van der Waals surface area contributed by atoms with E-state index in [-0.39, 0.29) is 5.82 Å². The highest BCUT2D eigenvalue weighted by atomic mass is 127. The van der Waals surface area contributed by atoms with Gasteiger partial charge in [-0.2, -0.15) is 0 Å². The summed E-state index contributed by atoms with van der Waals surface area (Å²) in [5.41, 5.74) is 1.05. The van der Waals surface area contributed by atoms with Crippen molar-refractivity contribution in [2.75, 3.05) is 4.43 Å². The lowest BCUT2D eigenvalue weighted by molar-refractivity contribution is 0.628. The van der Waals surface area contributed by atoms with Gasteiger partial charge in [-0.1, -0.05) is 34.7 Å². The van der Waals surface area contributed by atoms with Crippen molar-refractivity contribution >= 4 is 51.3 Å². The van der Waals surface area contributed by atoms with Gasteiger partial charge in [0.2, 0.25) is 0 Å². The van der Waals surface area contributed by atoms with Crippen LogP contribution in [0.1, 0.15) is 5.56 Å². The van der Waals surface area contributed by atoms with Crippen LogP contribution in [0.15, 0.2) is 27.8 Å². The summed E-state index contributed by atoms with van der Waals surface area (Å²) in [6.45, 7) is 0. The topological polar surface area (TPSA) is 0 Å². The second-order valence-electron chi connectivity index (χ2n) is 2.28. The van der Waals surface area contributed by atoms with Crippen molar-refractivity contribution in [1.82, 2.24) is 0 Å². The van der Waals surface area contributed by atoms with Crippen LogP contribution in [0.5, 0.6) is 0 Å². The number of hydrogen-bond acceptors (Lipinski definition) is 0. The smallest absolute Gasteiger partial charge is 0.123 e. The van der Waals surface area contributed by atoms with Gasteiger partial charge in [0.05, 0.1) is 0 Å². The number of alkyl halides is 1. The summed E-state index contributed by atoms with van der Waals surface area (Å²) in [6.07, 6.45) is 2.05.